The van der Waals surface area contributed by atoms with E-state index < -0.39 is 0 Å². The lowest BCUT2D eigenvalue weighted by molar-refractivity contribution is -0.145. The fourth-order valence-electron chi connectivity index (χ4n) is 2.64. The number of hydrogen-bond donors (Lipinski definition) is 0. The molecule has 0 aliphatic heterocycles. The molecule has 3 aromatic rings. The van der Waals surface area contributed by atoms with Crippen LogP contribution in [0.25, 0.3) is 10.2 Å². The predicted molar refractivity (Wildman–Crippen MR) is 102 cm³/mol. The first kappa shape index (κ1) is 18.2. The van der Waals surface area contributed by atoms with Crippen LogP contribution < -0.4 is 9.47 Å². The van der Waals surface area contributed by atoms with Crippen molar-refractivity contribution >= 4 is 27.5 Å². The van der Waals surface area contributed by atoms with Crippen LogP contribution in [0.15, 0.2) is 42.5 Å². The SMILES string of the molecule is COc1ccc(OC)c(COC(=O)CCCc2nc3ccccc3s2)c1. The molecule has 0 atom stereocenters. The van der Waals surface area contributed by atoms with Gasteiger partial charge < -0.3 is 14.2 Å². The largest absolute Gasteiger partial charge is 0.497 e. The van der Waals surface area contributed by atoms with Gasteiger partial charge in [0.15, 0.2) is 0 Å². The van der Waals surface area contributed by atoms with Gasteiger partial charge in [-0.05, 0) is 43.2 Å². The summed E-state index contributed by atoms with van der Waals surface area (Å²) < 4.78 is 17.0. The van der Waals surface area contributed by atoms with Crippen molar-refractivity contribution in [2.24, 2.45) is 0 Å². The number of rotatable bonds is 8. The van der Waals surface area contributed by atoms with Gasteiger partial charge in [0.25, 0.3) is 0 Å². The number of esters is 1. The van der Waals surface area contributed by atoms with E-state index in [0.29, 0.717) is 24.3 Å². The summed E-state index contributed by atoms with van der Waals surface area (Å²) in [5.41, 5.74) is 1.80. The van der Waals surface area contributed by atoms with Gasteiger partial charge in [0, 0.05) is 12.0 Å². The highest BCUT2D eigenvalue weighted by Crippen LogP contribution is 2.25. The first-order valence-electron chi connectivity index (χ1n) is 8.40. The Morgan fingerprint density at radius 2 is 1.96 bits per heavy atom. The van der Waals surface area contributed by atoms with Crippen LogP contribution in [0.4, 0.5) is 0 Å². The van der Waals surface area contributed by atoms with Gasteiger partial charge in [-0.1, -0.05) is 12.1 Å². The summed E-state index contributed by atoms with van der Waals surface area (Å²) in [7, 11) is 3.19. The molecule has 0 spiro atoms. The zero-order chi connectivity index (χ0) is 18.4. The van der Waals surface area contributed by atoms with Crippen molar-refractivity contribution in [1.29, 1.82) is 0 Å². The summed E-state index contributed by atoms with van der Waals surface area (Å²) in [4.78, 5) is 16.6. The Morgan fingerprint density at radius 1 is 1.12 bits per heavy atom. The van der Waals surface area contributed by atoms with Crippen LogP contribution in [-0.4, -0.2) is 25.2 Å². The maximum atomic E-state index is 12.0. The maximum Gasteiger partial charge on any atom is 0.306 e. The number of ether oxygens (including phenoxy) is 3. The van der Waals surface area contributed by atoms with Crippen molar-refractivity contribution in [1.82, 2.24) is 4.98 Å². The van der Waals surface area contributed by atoms with Gasteiger partial charge in [0.2, 0.25) is 0 Å². The van der Waals surface area contributed by atoms with Crippen LogP contribution in [0.5, 0.6) is 11.5 Å². The van der Waals surface area contributed by atoms with Gasteiger partial charge in [-0.15, -0.1) is 11.3 Å². The monoisotopic (exact) mass is 371 g/mol. The lowest BCUT2D eigenvalue weighted by Gasteiger charge is -2.11. The zero-order valence-corrected chi connectivity index (χ0v) is 15.7. The van der Waals surface area contributed by atoms with Crippen LogP contribution >= 0.6 is 11.3 Å². The third kappa shape index (κ3) is 4.52. The highest BCUT2D eigenvalue weighted by molar-refractivity contribution is 7.18. The second-order valence-corrected chi connectivity index (χ2v) is 6.88. The molecule has 1 aromatic heterocycles. The molecule has 5 nitrogen and oxygen atoms in total. The molecule has 1 heterocycles. The van der Waals surface area contributed by atoms with Crippen molar-refractivity contribution in [3.8, 4) is 11.5 Å². The van der Waals surface area contributed by atoms with E-state index in [1.165, 1.54) is 4.70 Å². The van der Waals surface area contributed by atoms with Crippen LogP contribution in [0, 0.1) is 0 Å². The first-order chi connectivity index (χ1) is 12.7. The molecule has 2 aromatic carbocycles. The highest BCUT2D eigenvalue weighted by Gasteiger charge is 2.10. The summed E-state index contributed by atoms with van der Waals surface area (Å²) in [5, 5.41) is 1.05. The van der Waals surface area contributed by atoms with Gasteiger partial charge in [0.1, 0.15) is 18.1 Å². The molecule has 0 saturated heterocycles. The smallest absolute Gasteiger partial charge is 0.306 e. The Bertz CT molecular complexity index is 857. The number of methoxy groups -OCH3 is 2. The van der Waals surface area contributed by atoms with Crippen molar-refractivity contribution in [3.63, 3.8) is 0 Å². The third-order valence-corrected chi connectivity index (χ3v) is 5.08. The fraction of sp³-hybridized carbons (Fsp3) is 0.300. The standard InChI is InChI=1S/C20H21NO4S/c1-23-15-10-11-17(24-2)14(12-15)13-25-20(22)9-5-8-19-21-16-6-3-4-7-18(16)26-19/h3-4,6-7,10-12H,5,8-9,13H2,1-2H3. The number of aryl methyl sites for hydroxylation is 1. The summed E-state index contributed by atoms with van der Waals surface area (Å²) >= 11 is 1.67. The van der Waals surface area contributed by atoms with E-state index in [2.05, 4.69) is 11.1 Å². The molecular formula is C20H21NO4S. The molecule has 3 rings (SSSR count). The van der Waals surface area contributed by atoms with Crippen LogP contribution in [0.3, 0.4) is 0 Å². The van der Waals surface area contributed by atoms with Gasteiger partial charge in [-0.3, -0.25) is 4.79 Å². The Balaban J connectivity index is 1.48. The van der Waals surface area contributed by atoms with E-state index in [0.717, 1.165) is 22.5 Å². The van der Waals surface area contributed by atoms with E-state index in [9.17, 15) is 4.79 Å². The number of hydrogen-bond acceptors (Lipinski definition) is 6. The zero-order valence-electron chi connectivity index (χ0n) is 14.9. The van der Waals surface area contributed by atoms with Crippen LogP contribution in [0.1, 0.15) is 23.4 Å². The van der Waals surface area contributed by atoms with Gasteiger partial charge in [-0.25, -0.2) is 4.98 Å². The number of carbonyl (C=O) groups is 1. The molecule has 26 heavy (non-hydrogen) atoms. The Hall–Kier alpha value is -2.60. The van der Waals surface area contributed by atoms with Crippen LogP contribution in [0.2, 0.25) is 0 Å². The molecule has 0 saturated carbocycles. The normalized spacial score (nSPS) is 10.7. The third-order valence-electron chi connectivity index (χ3n) is 3.99. The molecular weight excluding hydrogens is 350 g/mol. The Kier molecular flexibility index (Phi) is 6.07. The van der Waals surface area contributed by atoms with E-state index in [1.54, 1.807) is 31.6 Å². The molecule has 136 valence electrons. The van der Waals surface area contributed by atoms with Crippen molar-refractivity contribution < 1.29 is 19.0 Å². The Morgan fingerprint density at radius 3 is 2.73 bits per heavy atom. The number of benzene rings is 2. The summed E-state index contributed by atoms with van der Waals surface area (Å²) in [5.74, 6) is 1.15. The minimum Gasteiger partial charge on any atom is -0.497 e. The first-order valence-corrected chi connectivity index (χ1v) is 9.22. The lowest BCUT2D eigenvalue weighted by atomic mass is 10.2. The summed E-state index contributed by atoms with van der Waals surface area (Å²) in [6.45, 7) is 0.167. The highest BCUT2D eigenvalue weighted by atomic mass is 32.1. The average Bonchev–Trinajstić information content (AvgIpc) is 3.08. The molecule has 0 amide bonds. The number of nitrogens with zero attached hydrogens (tertiary/aromatic N) is 1. The minimum atomic E-state index is -0.226. The molecule has 0 bridgehead atoms. The molecule has 0 aliphatic carbocycles. The summed E-state index contributed by atoms with van der Waals surface area (Å²) in [6.07, 6.45) is 1.85. The number of aromatic nitrogens is 1. The predicted octanol–water partition coefficient (Wildman–Crippen LogP) is 4.38. The molecule has 0 N–H and O–H groups in total. The van der Waals surface area contributed by atoms with Crippen molar-refractivity contribution in [3.05, 3.63) is 53.0 Å². The van der Waals surface area contributed by atoms with E-state index in [4.69, 9.17) is 14.2 Å². The molecule has 0 aliphatic rings. The van der Waals surface area contributed by atoms with Gasteiger partial charge in [-0.2, -0.15) is 0 Å². The topological polar surface area (TPSA) is 57.7 Å². The lowest BCUT2D eigenvalue weighted by Crippen LogP contribution is -2.06. The second-order valence-electron chi connectivity index (χ2n) is 5.77. The average molecular weight is 371 g/mol. The number of para-hydroxylation sites is 1. The van der Waals surface area contributed by atoms with Crippen molar-refractivity contribution in [2.45, 2.75) is 25.9 Å². The second kappa shape index (κ2) is 8.67. The Labute approximate surface area is 156 Å². The van der Waals surface area contributed by atoms with E-state index in [1.807, 2.05) is 30.3 Å². The maximum absolute atomic E-state index is 12.0. The van der Waals surface area contributed by atoms with Crippen LogP contribution in [-0.2, 0) is 22.6 Å². The van der Waals surface area contributed by atoms with E-state index >= 15 is 0 Å². The van der Waals surface area contributed by atoms with Crippen molar-refractivity contribution in [2.75, 3.05) is 14.2 Å². The van der Waals surface area contributed by atoms with E-state index in [-0.39, 0.29) is 12.6 Å². The molecule has 6 heteroatoms. The number of fused-ring (bicyclic) bond motifs is 1. The van der Waals surface area contributed by atoms with Gasteiger partial charge >= 0.3 is 5.97 Å². The minimum absolute atomic E-state index is 0.167. The number of carbonyl (C=O) groups excluding carboxylic acids is 1. The van der Waals surface area contributed by atoms with Gasteiger partial charge in [0.05, 0.1) is 29.4 Å². The quantitative estimate of drug-likeness (QED) is 0.550. The fourth-order valence-corrected chi connectivity index (χ4v) is 3.65. The molecule has 0 radical (unpaired) electrons. The number of thiazole rings is 1. The summed E-state index contributed by atoms with van der Waals surface area (Å²) in [6, 6.07) is 13.5. The molecule has 0 unspecified atom stereocenters. The molecule has 0 fully saturated rings.